The van der Waals surface area contributed by atoms with Gasteiger partial charge < -0.3 is 20.1 Å². The summed E-state index contributed by atoms with van der Waals surface area (Å²) in [6.45, 7) is 2.59. The van der Waals surface area contributed by atoms with E-state index in [1.807, 2.05) is 11.6 Å². The molecule has 50 heavy (non-hydrogen) atoms. The number of aromatic nitrogens is 4. The molecule has 2 aromatic carbocycles. The van der Waals surface area contributed by atoms with Gasteiger partial charge in [-0.2, -0.15) is 9.97 Å². The highest BCUT2D eigenvalue weighted by molar-refractivity contribution is 7.09. The van der Waals surface area contributed by atoms with Gasteiger partial charge in [0.05, 0.1) is 21.5 Å². The predicted molar refractivity (Wildman–Crippen MR) is 185 cm³/mol. The molecule has 0 radical (unpaired) electrons. The van der Waals surface area contributed by atoms with E-state index in [1.54, 1.807) is 11.3 Å². The number of phenolic OH excluding ortho intramolecular Hbond substituents is 1. The minimum absolute atomic E-state index is 0.0111. The van der Waals surface area contributed by atoms with Crippen LogP contribution in [0.3, 0.4) is 0 Å². The van der Waals surface area contributed by atoms with Gasteiger partial charge in [0.25, 0.3) is 0 Å². The molecular formula is C37H34F3N7O2S. The number of anilines is 1. The molecule has 9 nitrogen and oxygen atoms in total. The molecule has 4 saturated heterocycles. The van der Waals surface area contributed by atoms with Gasteiger partial charge in [-0.1, -0.05) is 12.0 Å². The van der Waals surface area contributed by atoms with Crippen molar-refractivity contribution in [3.05, 3.63) is 64.2 Å². The van der Waals surface area contributed by atoms with E-state index in [-0.39, 0.29) is 57.7 Å². The molecule has 4 atom stereocenters. The Kier molecular flexibility index (Phi) is 7.42. The van der Waals surface area contributed by atoms with Crippen molar-refractivity contribution < 1.29 is 23.0 Å². The van der Waals surface area contributed by atoms with Crippen molar-refractivity contribution in [3.63, 3.8) is 0 Å². The van der Waals surface area contributed by atoms with Crippen molar-refractivity contribution in [2.24, 2.45) is 0 Å². The van der Waals surface area contributed by atoms with Gasteiger partial charge in [0.15, 0.2) is 5.82 Å². The van der Waals surface area contributed by atoms with Crippen molar-refractivity contribution in [2.45, 2.75) is 61.8 Å². The molecule has 4 fully saturated rings. The maximum Gasteiger partial charge on any atom is 0.319 e. The number of nitrogens with one attached hydrogen (secondary N) is 1. The Morgan fingerprint density at radius 3 is 2.90 bits per heavy atom. The molecule has 0 aliphatic carbocycles. The summed E-state index contributed by atoms with van der Waals surface area (Å²) in [5.41, 5.74) is -0.797. The Morgan fingerprint density at radius 2 is 2.06 bits per heavy atom. The van der Waals surface area contributed by atoms with E-state index in [0.29, 0.717) is 42.6 Å². The first-order valence-corrected chi connectivity index (χ1v) is 17.8. The van der Waals surface area contributed by atoms with Crippen LogP contribution in [0.5, 0.6) is 11.8 Å². The van der Waals surface area contributed by atoms with E-state index < -0.39 is 23.3 Å². The van der Waals surface area contributed by atoms with Crippen LogP contribution in [0, 0.1) is 24.0 Å². The number of rotatable bonds is 7. The first-order chi connectivity index (χ1) is 24.2. The number of phenols is 1. The van der Waals surface area contributed by atoms with Crippen molar-refractivity contribution in [2.75, 3.05) is 37.7 Å². The topological polar surface area (TPSA) is 99.5 Å². The van der Waals surface area contributed by atoms with Crippen LogP contribution in [-0.2, 0) is 6.42 Å². The zero-order valence-electron chi connectivity index (χ0n) is 27.1. The molecule has 5 aromatic rings. The normalized spacial score (nSPS) is 26.2. The number of benzene rings is 2. The third kappa shape index (κ3) is 5.15. The summed E-state index contributed by atoms with van der Waals surface area (Å²) in [6.07, 6.45) is 12.9. The lowest BCUT2D eigenvalue weighted by molar-refractivity contribution is 0.107. The molecule has 0 saturated carbocycles. The fraction of sp³-hybridized carbons (Fsp3) is 0.405. The number of fused-ring (bicyclic) bond motifs is 5. The molecule has 0 amide bonds. The molecule has 2 unspecified atom stereocenters. The van der Waals surface area contributed by atoms with Gasteiger partial charge in [0.2, 0.25) is 0 Å². The van der Waals surface area contributed by atoms with E-state index in [4.69, 9.17) is 16.1 Å². The van der Waals surface area contributed by atoms with Crippen molar-refractivity contribution in [1.82, 2.24) is 30.2 Å². The average Bonchev–Trinajstić information content (AvgIpc) is 3.88. The number of hydrogen-bond donors (Lipinski definition) is 2. The fourth-order valence-corrected chi connectivity index (χ4v) is 9.65. The summed E-state index contributed by atoms with van der Waals surface area (Å²) in [7, 11) is 0. The molecule has 256 valence electrons. The van der Waals surface area contributed by atoms with Crippen LogP contribution in [0.15, 0.2) is 42.0 Å². The van der Waals surface area contributed by atoms with E-state index >= 15 is 4.39 Å². The second-order valence-corrected chi connectivity index (χ2v) is 15.2. The first-order valence-electron chi connectivity index (χ1n) is 16.9. The van der Waals surface area contributed by atoms with Gasteiger partial charge in [0, 0.05) is 72.8 Å². The summed E-state index contributed by atoms with van der Waals surface area (Å²) < 4.78 is 52.9. The molecule has 9 rings (SSSR count). The predicted octanol–water partition coefficient (Wildman–Crippen LogP) is 5.78. The summed E-state index contributed by atoms with van der Waals surface area (Å²) in [6, 6.07) is 5.66. The quantitative estimate of drug-likeness (QED) is 0.205. The molecule has 3 aromatic heterocycles. The van der Waals surface area contributed by atoms with Gasteiger partial charge in [-0.25, -0.2) is 18.2 Å². The second-order valence-electron chi connectivity index (χ2n) is 14.2. The number of piperazine rings is 1. The molecule has 0 spiro atoms. The number of terminal acetylenes is 1. The number of ether oxygens (including phenoxy) is 1. The van der Waals surface area contributed by atoms with Crippen LogP contribution < -0.4 is 15.0 Å². The van der Waals surface area contributed by atoms with E-state index in [1.165, 1.54) is 30.5 Å². The lowest BCUT2D eigenvalue weighted by atomic mass is 9.92. The van der Waals surface area contributed by atoms with Gasteiger partial charge in [-0.05, 0) is 55.8 Å². The van der Waals surface area contributed by atoms with E-state index in [2.05, 4.69) is 36.0 Å². The Bertz CT molecular complexity index is 2200. The van der Waals surface area contributed by atoms with Crippen molar-refractivity contribution in [3.8, 4) is 35.4 Å². The first kappa shape index (κ1) is 31.5. The third-order valence-electron chi connectivity index (χ3n) is 11.0. The van der Waals surface area contributed by atoms with Crippen LogP contribution in [0.4, 0.5) is 19.0 Å². The van der Waals surface area contributed by atoms with E-state index in [9.17, 15) is 13.9 Å². The van der Waals surface area contributed by atoms with Gasteiger partial charge in [-0.3, -0.25) is 9.88 Å². The molecule has 2 N–H and O–H groups in total. The summed E-state index contributed by atoms with van der Waals surface area (Å²) in [5.74, 6) is 1.30. The minimum atomic E-state index is -0.932. The molecule has 4 aliphatic rings. The second kappa shape index (κ2) is 11.8. The van der Waals surface area contributed by atoms with Gasteiger partial charge >= 0.3 is 6.01 Å². The monoisotopic (exact) mass is 697 g/mol. The number of halogens is 3. The maximum atomic E-state index is 17.0. The highest BCUT2D eigenvalue weighted by atomic mass is 32.1. The largest absolute Gasteiger partial charge is 0.508 e. The average molecular weight is 698 g/mol. The summed E-state index contributed by atoms with van der Waals surface area (Å²) >= 11 is 1.62. The Morgan fingerprint density at radius 1 is 1.16 bits per heavy atom. The van der Waals surface area contributed by atoms with Crippen LogP contribution in [0.2, 0.25) is 0 Å². The molecule has 7 heterocycles. The maximum absolute atomic E-state index is 17.0. The molecular weight excluding hydrogens is 664 g/mol. The zero-order chi connectivity index (χ0) is 34.2. The summed E-state index contributed by atoms with van der Waals surface area (Å²) in [4.78, 5) is 22.9. The fourth-order valence-electron chi connectivity index (χ4n) is 8.89. The SMILES string of the molecule is C#Cc1c(F)ccc2cc(O)cc(-c3ncc4c(N5CC6CCC(Cc7nccs7)(C5)N6)nc(OC[C@@]56CCCN5C[C@H](F)C6)nc4c3F)c12. The Balaban J connectivity index is 1.18. The number of alkyl halides is 1. The Hall–Kier alpha value is -4.51. The van der Waals surface area contributed by atoms with Gasteiger partial charge in [0.1, 0.15) is 41.4 Å². The number of thiazole rings is 1. The Labute approximate surface area is 290 Å². The standard InChI is InChI=1S/C37H34F3N7O2S/c1-2-25-28(39)5-4-21-12-24(48)13-26(30(21)25)32-31(40)33-27(16-42-32)34(44-35(43-33)49-20-37-7-3-10-47(37)17-22(38)14-37)46-18-23-6-8-36(19-46,45-23)15-29-41-9-11-50-29/h1,4-5,9,11-13,16,22-23,45,48H,3,6-8,10,14-15,17-20H2/t22-,23?,36?,37+/m1/s1. The number of nitrogens with zero attached hydrogens (tertiary/aromatic N) is 6. The highest BCUT2D eigenvalue weighted by Crippen LogP contribution is 2.43. The lowest BCUT2D eigenvalue weighted by Crippen LogP contribution is -2.60. The van der Waals surface area contributed by atoms with Crippen LogP contribution in [0.25, 0.3) is 32.9 Å². The molecule has 4 aliphatic heterocycles. The van der Waals surface area contributed by atoms with Crippen LogP contribution >= 0.6 is 11.3 Å². The molecule has 13 heteroatoms. The zero-order valence-corrected chi connectivity index (χ0v) is 27.9. The lowest BCUT2D eigenvalue weighted by Gasteiger charge is -2.42. The number of pyridine rings is 1. The smallest absolute Gasteiger partial charge is 0.319 e. The molecule has 2 bridgehead atoms. The summed E-state index contributed by atoms with van der Waals surface area (Å²) in [5, 5.41) is 18.5. The minimum Gasteiger partial charge on any atom is -0.508 e. The van der Waals surface area contributed by atoms with Crippen LogP contribution in [-0.4, -0.2) is 86.0 Å². The number of aromatic hydroxyl groups is 1. The van der Waals surface area contributed by atoms with Gasteiger partial charge in [-0.15, -0.1) is 17.8 Å². The van der Waals surface area contributed by atoms with E-state index in [0.717, 1.165) is 43.7 Å². The highest BCUT2D eigenvalue weighted by Gasteiger charge is 2.50. The third-order valence-corrected chi connectivity index (χ3v) is 11.8. The van der Waals surface area contributed by atoms with Crippen LogP contribution in [0.1, 0.15) is 42.7 Å². The van der Waals surface area contributed by atoms with Crippen molar-refractivity contribution in [1.29, 1.82) is 0 Å². The number of hydrogen-bond acceptors (Lipinski definition) is 10. The van der Waals surface area contributed by atoms with Crippen molar-refractivity contribution >= 4 is 38.8 Å².